The first-order valence-electron chi connectivity index (χ1n) is 4.79. The second-order valence-electron chi connectivity index (χ2n) is 3.19. The fraction of sp³-hybridized carbons (Fsp3) is 0.0909. The summed E-state index contributed by atoms with van der Waals surface area (Å²) in [4.78, 5) is 15.7. The normalized spacial score (nSPS) is 9.81. The van der Waals surface area contributed by atoms with Gasteiger partial charge in [-0.05, 0) is 36.6 Å². The summed E-state index contributed by atoms with van der Waals surface area (Å²) in [7, 11) is 0. The lowest BCUT2D eigenvalue weighted by molar-refractivity contribution is 0.262. The van der Waals surface area contributed by atoms with Crippen LogP contribution >= 0.6 is 11.3 Å². The van der Waals surface area contributed by atoms with E-state index < -0.39 is 0 Å². The summed E-state index contributed by atoms with van der Waals surface area (Å²) in [6.07, 6.45) is 1.69. The molecule has 0 atom stereocenters. The number of nitrogens with zero attached hydrogens (tertiary/aromatic N) is 1. The summed E-state index contributed by atoms with van der Waals surface area (Å²) >= 11 is 1.48. The Hall–Kier alpha value is -1.88. The molecular formula is C11H11N3OS. The van der Waals surface area contributed by atoms with E-state index in [-0.39, 0.29) is 6.03 Å². The molecule has 0 saturated carbocycles. The standard InChI is InChI=1S/C11H11N3OS/c1-8-9(4-2-6-12-8)13-11(15)14-10-5-3-7-16-10/h2-7H,1H3,(H2,13,14,15). The molecule has 0 aliphatic carbocycles. The van der Waals surface area contributed by atoms with Crippen molar-refractivity contribution in [1.29, 1.82) is 0 Å². The first-order valence-corrected chi connectivity index (χ1v) is 5.67. The van der Waals surface area contributed by atoms with Gasteiger partial charge in [0.05, 0.1) is 16.4 Å². The molecule has 0 aromatic carbocycles. The van der Waals surface area contributed by atoms with Crippen molar-refractivity contribution in [3.8, 4) is 0 Å². The van der Waals surface area contributed by atoms with Gasteiger partial charge in [0.1, 0.15) is 0 Å². The maximum atomic E-state index is 11.6. The third-order valence-corrected chi connectivity index (χ3v) is 2.80. The molecule has 16 heavy (non-hydrogen) atoms. The molecule has 0 radical (unpaired) electrons. The van der Waals surface area contributed by atoms with Crippen molar-refractivity contribution in [2.75, 3.05) is 10.6 Å². The molecule has 0 aliphatic heterocycles. The van der Waals surface area contributed by atoms with Crippen LogP contribution in [0.4, 0.5) is 15.5 Å². The van der Waals surface area contributed by atoms with Gasteiger partial charge in [0.25, 0.3) is 0 Å². The first-order chi connectivity index (χ1) is 7.75. The number of aryl methyl sites for hydroxylation is 1. The zero-order valence-electron chi connectivity index (χ0n) is 8.73. The fourth-order valence-electron chi connectivity index (χ4n) is 1.23. The Morgan fingerprint density at radius 1 is 1.31 bits per heavy atom. The van der Waals surface area contributed by atoms with Crippen LogP contribution in [0, 0.1) is 6.92 Å². The molecule has 2 heterocycles. The van der Waals surface area contributed by atoms with E-state index in [0.29, 0.717) is 0 Å². The highest BCUT2D eigenvalue weighted by Gasteiger charge is 2.04. The first kappa shape index (κ1) is 10.6. The Bertz CT molecular complexity index is 482. The number of nitrogens with one attached hydrogen (secondary N) is 2. The lowest BCUT2D eigenvalue weighted by Gasteiger charge is -2.07. The lowest BCUT2D eigenvalue weighted by atomic mass is 10.3. The molecule has 0 saturated heterocycles. The highest BCUT2D eigenvalue weighted by Crippen LogP contribution is 2.16. The molecule has 0 spiro atoms. The molecule has 2 aromatic heterocycles. The Balaban J connectivity index is 2.00. The number of hydrogen-bond acceptors (Lipinski definition) is 3. The molecular weight excluding hydrogens is 222 g/mol. The van der Waals surface area contributed by atoms with Crippen molar-refractivity contribution in [2.45, 2.75) is 6.92 Å². The summed E-state index contributed by atoms with van der Waals surface area (Å²) in [6, 6.07) is 7.08. The van der Waals surface area contributed by atoms with E-state index in [2.05, 4.69) is 15.6 Å². The second-order valence-corrected chi connectivity index (χ2v) is 4.14. The smallest absolute Gasteiger partial charge is 0.306 e. The van der Waals surface area contributed by atoms with Crippen LogP contribution in [0.3, 0.4) is 0 Å². The van der Waals surface area contributed by atoms with Gasteiger partial charge in [0.2, 0.25) is 0 Å². The predicted octanol–water partition coefficient (Wildman–Crippen LogP) is 3.10. The number of rotatable bonds is 2. The number of hydrogen-bond donors (Lipinski definition) is 2. The molecule has 2 N–H and O–H groups in total. The van der Waals surface area contributed by atoms with Crippen LogP contribution in [-0.2, 0) is 0 Å². The largest absolute Gasteiger partial charge is 0.324 e. The Morgan fingerprint density at radius 3 is 2.88 bits per heavy atom. The molecule has 0 unspecified atom stereocenters. The van der Waals surface area contributed by atoms with E-state index in [1.54, 1.807) is 12.3 Å². The number of urea groups is 1. The summed E-state index contributed by atoms with van der Waals surface area (Å²) in [5.74, 6) is 0. The van der Waals surface area contributed by atoms with Crippen LogP contribution in [0.1, 0.15) is 5.69 Å². The third kappa shape index (κ3) is 2.58. The number of pyridine rings is 1. The van der Waals surface area contributed by atoms with E-state index in [1.807, 2.05) is 30.5 Å². The highest BCUT2D eigenvalue weighted by molar-refractivity contribution is 7.14. The molecule has 0 bridgehead atoms. The Kier molecular flexibility index (Phi) is 3.16. The van der Waals surface area contributed by atoms with E-state index in [9.17, 15) is 4.79 Å². The SMILES string of the molecule is Cc1ncccc1NC(=O)Nc1cccs1. The topological polar surface area (TPSA) is 54.0 Å². The minimum atomic E-state index is -0.251. The molecule has 82 valence electrons. The average Bonchev–Trinajstić information content (AvgIpc) is 2.74. The summed E-state index contributed by atoms with van der Waals surface area (Å²) in [5, 5.41) is 8.21. The van der Waals surface area contributed by atoms with Gasteiger partial charge < -0.3 is 5.32 Å². The Labute approximate surface area is 97.3 Å². The highest BCUT2D eigenvalue weighted by atomic mass is 32.1. The van der Waals surface area contributed by atoms with Gasteiger partial charge in [-0.25, -0.2) is 4.79 Å². The number of amides is 2. The summed E-state index contributed by atoms with van der Waals surface area (Å²) in [5.41, 5.74) is 1.51. The number of thiophene rings is 1. The molecule has 5 heteroatoms. The zero-order chi connectivity index (χ0) is 11.4. The monoisotopic (exact) mass is 233 g/mol. The van der Waals surface area contributed by atoms with E-state index in [4.69, 9.17) is 0 Å². The number of anilines is 2. The maximum Gasteiger partial charge on any atom is 0.324 e. The summed E-state index contributed by atoms with van der Waals surface area (Å²) in [6.45, 7) is 1.85. The van der Waals surface area contributed by atoms with Crippen molar-refractivity contribution in [1.82, 2.24) is 4.98 Å². The lowest BCUT2D eigenvalue weighted by Crippen LogP contribution is -2.19. The molecule has 4 nitrogen and oxygen atoms in total. The molecule has 2 rings (SSSR count). The molecule has 0 aliphatic rings. The quantitative estimate of drug-likeness (QED) is 0.837. The van der Waals surface area contributed by atoms with Crippen LogP contribution in [-0.4, -0.2) is 11.0 Å². The minimum Gasteiger partial charge on any atom is -0.306 e. The molecule has 0 fully saturated rings. The van der Waals surface area contributed by atoms with Gasteiger partial charge in [-0.2, -0.15) is 0 Å². The second kappa shape index (κ2) is 4.76. The third-order valence-electron chi connectivity index (χ3n) is 2.01. The number of carbonyl (C=O) groups is 1. The van der Waals surface area contributed by atoms with Crippen LogP contribution in [0.5, 0.6) is 0 Å². The fourth-order valence-corrected chi connectivity index (χ4v) is 1.84. The van der Waals surface area contributed by atoms with Crippen molar-refractivity contribution in [2.24, 2.45) is 0 Å². The van der Waals surface area contributed by atoms with Crippen molar-refractivity contribution in [3.63, 3.8) is 0 Å². The van der Waals surface area contributed by atoms with Gasteiger partial charge in [0.15, 0.2) is 0 Å². The van der Waals surface area contributed by atoms with Gasteiger partial charge in [0, 0.05) is 6.20 Å². The average molecular weight is 233 g/mol. The van der Waals surface area contributed by atoms with Gasteiger partial charge in [-0.1, -0.05) is 0 Å². The maximum absolute atomic E-state index is 11.6. The van der Waals surface area contributed by atoms with Gasteiger partial charge in [-0.15, -0.1) is 11.3 Å². The predicted molar refractivity (Wildman–Crippen MR) is 65.9 cm³/mol. The zero-order valence-corrected chi connectivity index (χ0v) is 9.54. The van der Waals surface area contributed by atoms with Crippen LogP contribution in [0.25, 0.3) is 0 Å². The van der Waals surface area contributed by atoms with Crippen molar-refractivity contribution < 1.29 is 4.79 Å². The minimum absolute atomic E-state index is 0.251. The number of aromatic nitrogens is 1. The van der Waals surface area contributed by atoms with Crippen molar-refractivity contribution in [3.05, 3.63) is 41.5 Å². The van der Waals surface area contributed by atoms with E-state index in [1.165, 1.54) is 11.3 Å². The van der Waals surface area contributed by atoms with Gasteiger partial charge in [-0.3, -0.25) is 10.3 Å². The van der Waals surface area contributed by atoms with Gasteiger partial charge >= 0.3 is 6.03 Å². The molecule has 2 amide bonds. The van der Waals surface area contributed by atoms with Crippen LogP contribution < -0.4 is 10.6 Å². The van der Waals surface area contributed by atoms with Crippen LogP contribution in [0.15, 0.2) is 35.8 Å². The van der Waals surface area contributed by atoms with E-state index in [0.717, 1.165) is 16.4 Å². The number of carbonyl (C=O) groups excluding carboxylic acids is 1. The summed E-state index contributed by atoms with van der Waals surface area (Å²) < 4.78 is 0. The van der Waals surface area contributed by atoms with E-state index >= 15 is 0 Å². The molecule has 2 aromatic rings. The van der Waals surface area contributed by atoms with Crippen LogP contribution in [0.2, 0.25) is 0 Å². The van der Waals surface area contributed by atoms with Crippen molar-refractivity contribution >= 4 is 28.1 Å². The Morgan fingerprint density at radius 2 is 2.19 bits per heavy atom.